The summed E-state index contributed by atoms with van der Waals surface area (Å²) in [5.41, 5.74) is 3.17. The second-order valence-electron chi connectivity index (χ2n) is 6.51. The lowest BCUT2D eigenvalue weighted by Crippen LogP contribution is -2.48. The molecule has 4 rings (SSSR count). The molecule has 0 spiro atoms. The van der Waals surface area contributed by atoms with Crippen molar-refractivity contribution < 1.29 is 9.04 Å². The van der Waals surface area contributed by atoms with E-state index in [9.17, 15) is 4.39 Å². The Balaban J connectivity index is 1.84. The van der Waals surface area contributed by atoms with Crippen molar-refractivity contribution in [2.24, 2.45) is 0 Å². The molecule has 2 nitrogen and oxygen atoms in total. The third-order valence-corrected chi connectivity index (χ3v) is 5.30. The summed E-state index contributed by atoms with van der Waals surface area (Å²) in [4.78, 5) is 4.44. The van der Waals surface area contributed by atoms with Gasteiger partial charge in [0.25, 0.3) is 0 Å². The van der Waals surface area contributed by atoms with Gasteiger partial charge in [-0.2, -0.15) is 0 Å². The quantitative estimate of drug-likeness (QED) is 0.433. The molecular formula is C22H15BCl2FNO. The average molecular weight is 410 g/mol. The van der Waals surface area contributed by atoms with Crippen LogP contribution >= 0.6 is 23.2 Å². The summed E-state index contributed by atoms with van der Waals surface area (Å²) in [5, 5.41) is 1.70. The van der Waals surface area contributed by atoms with Crippen molar-refractivity contribution in [1.29, 1.82) is 0 Å². The summed E-state index contributed by atoms with van der Waals surface area (Å²) < 4.78 is 20.5. The minimum absolute atomic E-state index is 0.0709. The third-order valence-electron chi connectivity index (χ3n) is 4.57. The van der Waals surface area contributed by atoms with Crippen molar-refractivity contribution in [2.75, 3.05) is 0 Å². The van der Waals surface area contributed by atoms with Gasteiger partial charge >= 0.3 is 6.92 Å². The third kappa shape index (κ3) is 3.71. The van der Waals surface area contributed by atoms with Gasteiger partial charge in [0.05, 0.1) is 5.02 Å². The van der Waals surface area contributed by atoms with E-state index in [2.05, 4.69) is 4.98 Å². The number of hydrogen-bond donors (Lipinski definition) is 0. The fraction of sp³-hybridized carbons (Fsp3) is 0.0455. The van der Waals surface area contributed by atoms with Crippen LogP contribution in [0.4, 0.5) is 4.39 Å². The minimum atomic E-state index is -0.546. The van der Waals surface area contributed by atoms with E-state index >= 15 is 0 Å². The summed E-state index contributed by atoms with van der Waals surface area (Å²) in [6.45, 7) is 1.38. The van der Waals surface area contributed by atoms with E-state index in [1.165, 1.54) is 12.1 Å². The first-order valence-electron chi connectivity index (χ1n) is 8.74. The van der Waals surface area contributed by atoms with Crippen LogP contribution < -0.4 is 15.6 Å². The molecule has 0 amide bonds. The average Bonchev–Trinajstić information content (AvgIpc) is 2.70. The van der Waals surface area contributed by atoms with Crippen LogP contribution in [-0.2, 0) is 0 Å². The van der Waals surface area contributed by atoms with Crippen LogP contribution in [0.3, 0.4) is 0 Å². The van der Waals surface area contributed by atoms with Crippen molar-refractivity contribution in [3.8, 4) is 5.75 Å². The molecule has 6 heteroatoms. The molecule has 0 aliphatic heterocycles. The van der Waals surface area contributed by atoms with Gasteiger partial charge in [0.2, 0.25) is 0 Å². The molecule has 4 aromatic rings. The molecule has 0 fully saturated rings. The van der Waals surface area contributed by atoms with E-state index in [0.717, 1.165) is 21.9 Å². The maximum atomic E-state index is 14.2. The predicted molar refractivity (Wildman–Crippen MR) is 115 cm³/mol. The zero-order valence-corrected chi connectivity index (χ0v) is 16.5. The van der Waals surface area contributed by atoms with E-state index in [1.54, 1.807) is 12.3 Å². The van der Waals surface area contributed by atoms with E-state index in [-0.39, 0.29) is 5.02 Å². The number of benzene rings is 3. The lowest BCUT2D eigenvalue weighted by Gasteiger charge is -2.19. The monoisotopic (exact) mass is 409 g/mol. The maximum Gasteiger partial charge on any atom is 0.426 e. The fourth-order valence-electron chi connectivity index (χ4n) is 3.13. The fourth-order valence-corrected chi connectivity index (χ4v) is 3.37. The standard InChI is InChI=1S/C22H15BCl2FNO/c1-14-12-16(7-9-18(14)24)23(17-8-10-19(25)20(26)13-17)28-21-6-2-4-15-5-3-11-27-22(15)21/h2-13H,1H3. The molecule has 138 valence electrons. The Morgan fingerprint density at radius 3 is 2.36 bits per heavy atom. The highest BCUT2D eigenvalue weighted by Crippen LogP contribution is 2.24. The number of para-hydroxylation sites is 1. The van der Waals surface area contributed by atoms with Gasteiger partial charge in [0, 0.05) is 16.6 Å². The van der Waals surface area contributed by atoms with Gasteiger partial charge < -0.3 is 4.65 Å². The molecule has 0 aliphatic carbocycles. The van der Waals surface area contributed by atoms with Crippen molar-refractivity contribution in [1.82, 2.24) is 4.98 Å². The SMILES string of the molecule is Cc1cc(B(Oc2cccc3cccnc23)c2ccc(Cl)c(F)c2)ccc1Cl. The lowest BCUT2D eigenvalue weighted by atomic mass is 9.55. The molecule has 0 radical (unpaired) electrons. The molecule has 0 bridgehead atoms. The van der Waals surface area contributed by atoms with Crippen molar-refractivity contribution in [3.63, 3.8) is 0 Å². The van der Waals surface area contributed by atoms with Gasteiger partial charge in [-0.05, 0) is 53.7 Å². The number of aryl methyl sites for hydroxylation is 1. The van der Waals surface area contributed by atoms with Crippen LogP contribution in [-0.4, -0.2) is 11.9 Å². The summed E-state index contributed by atoms with van der Waals surface area (Å²) >= 11 is 12.1. The molecule has 0 N–H and O–H groups in total. The van der Waals surface area contributed by atoms with Crippen LogP contribution in [0.2, 0.25) is 10.0 Å². The Labute approximate surface area is 173 Å². The van der Waals surface area contributed by atoms with Crippen LogP contribution in [0.1, 0.15) is 5.56 Å². The van der Waals surface area contributed by atoms with E-state index < -0.39 is 12.7 Å². The molecule has 0 aliphatic rings. The Kier molecular flexibility index (Phi) is 5.25. The van der Waals surface area contributed by atoms with E-state index in [1.807, 2.05) is 55.5 Å². The highest BCUT2D eigenvalue weighted by atomic mass is 35.5. The van der Waals surface area contributed by atoms with Gasteiger partial charge in [0.1, 0.15) is 17.1 Å². The largest absolute Gasteiger partial charge is 0.550 e. The molecule has 0 saturated heterocycles. The predicted octanol–water partition coefficient (Wildman–Crippen LogP) is 5.17. The van der Waals surface area contributed by atoms with E-state index in [4.69, 9.17) is 27.9 Å². The summed E-state index contributed by atoms with van der Waals surface area (Å²) in [7, 11) is 0. The van der Waals surface area contributed by atoms with Crippen molar-refractivity contribution in [2.45, 2.75) is 6.92 Å². The molecule has 0 saturated carbocycles. The Morgan fingerprint density at radius 2 is 1.61 bits per heavy atom. The number of nitrogens with zero attached hydrogens (tertiary/aromatic N) is 1. The lowest BCUT2D eigenvalue weighted by molar-refractivity contribution is 0.595. The first-order valence-corrected chi connectivity index (χ1v) is 9.50. The van der Waals surface area contributed by atoms with Crippen LogP contribution in [0.5, 0.6) is 5.75 Å². The molecule has 3 aromatic carbocycles. The summed E-state index contributed by atoms with van der Waals surface area (Å²) in [6, 6.07) is 19.9. The number of aromatic nitrogens is 1. The zero-order chi connectivity index (χ0) is 19.7. The second-order valence-corrected chi connectivity index (χ2v) is 7.33. The van der Waals surface area contributed by atoms with Gasteiger partial charge in [-0.15, -0.1) is 0 Å². The summed E-state index contributed by atoms with van der Waals surface area (Å²) in [5.74, 6) is 0.126. The highest BCUT2D eigenvalue weighted by molar-refractivity contribution is 6.80. The maximum absolute atomic E-state index is 14.2. The van der Waals surface area contributed by atoms with Gasteiger partial charge in [0.15, 0.2) is 0 Å². The minimum Gasteiger partial charge on any atom is -0.550 e. The first-order chi connectivity index (χ1) is 13.5. The van der Waals surface area contributed by atoms with Crippen LogP contribution in [0.15, 0.2) is 72.9 Å². The van der Waals surface area contributed by atoms with Gasteiger partial charge in [-0.3, -0.25) is 4.98 Å². The smallest absolute Gasteiger partial charge is 0.426 e. The van der Waals surface area contributed by atoms with Crippen molar-refractivity contribution in [3.05, 3.63) is 94.4 Å². The number of fused-ring (bicyclic) bond motifs is 1. The Bertz CT molecular complexity index is 1110. The second kappa shape index (κ2) is 7.82. The molecule has 0 atom stereocenters. The highest BCUT2D eigenvalue weighted by Gasteiger charge is 2.26. The van der Waals surface area contributed by atoms with Crippen LogP contribution in [0.25, 0.3) is 10.9 Å². The van der Waals surface area contributed by atoms with Crippen molar-refractivity contribution >= 4 is 51.9 Å². The first kappa shape index (κ1) is 18.8. The molecular weight excluding hydrogens is 395 g/mol. The summed E-state index contributed by atoms with van der Waals surface area (Å²) in [6.07, 6.45) is 1.72. The topological polar surface area (TPSA) is 22.1 Å². The van der Waals surface area contributed by atoms with E-state index in [0.29, 0.717) is 16.2 Å². The normalized spacial score (nSPS) is 10.9. The molecule has 0 unspecified atom stereocenters. The Hall–Kier alpha value is -2.56. The Morgan fingerprint density at radius 1 is 0.893 bits per heavy atom. The molecule has 1 heterocycles. The zero-order valence-electron chi connectivity index (χ0n) is 15.0. The van der Waals surface area contributed by atoms with Gasteiger partial charge in [-0.25, -0.2) is 4.39 Å². The molecule has 28 heavy (non-hydrogen) atoms. The number of pyridine rings is 1. The number of rotatable bonds is 4. The number of halogens is 3. The number of hydrogen-bond acceptors (Lipinski definition) is 2. The van der Waals surface area contributed by atoms with Gasteiger partial charge in [-0.1, -0.05) is 59.6 Å². The molecule has 1 aromatic heterocycles. The van der Waals surface area contributed by atoms with Crippen LogP contribution in [0, 0.1) is 12.7 Å².